The summed E-state index contributed by atoms with van der Waals surface area (Å²) in [5.74, 6) is -6.35. The number of amides is 4. The normalized spacial score (nSPS) is 33.1. The highest BCUT2D eigenvalue weighted by atomic mass is 35.5. The average Bonchev–Trinajstić information content (AvgIpc) is 3.25. The fourth-order valence-corrected chi connectivity index (χ4v) is 8.12. The minimum atomic E-state index is -2.03. The van der Waals surface area contributed by atoms with Crippen LogP contribution in [0.1, 0.15) is 24.3 Å². The van der Waals surface area contributed by atoms with Crippen molar-refractivity contribution in [2.24, 2.45) is 17.8 Å². The molecule has 2 heterocycles. The van der Waals surface area contributed by atoms with Crippen LogP contribution in [-0.4, -0.2) is 67.6 Å². The van der Waals surface area contributed by atoms with Crippen molar-refractivity contribution in [1.82, 2.24) is 4.90 Å². The van der Waals surface area contributed by atoms with Crippen LogP contribution in [0.5, 0.6) is 5.75 Å². The number of hydrogen-bond acceptors (Lipinski definition) is 7. The lowest BCUT2D eigenvalue weighted by molar-refractivity contribution is -0.138. The van der Waals surface area contributed by atoms with E-state index in [0.29, 0.717) is 5.57 Å². The Labute approximate surface area is 244 Å². The van der Waals surface area contributed by atoms with Crippen LogP contribution in [0.15, 0.2) is 54.1 Å². The predicted molar refractivity (Wildman–Crippen MR) is 147 cm³/mol. The summed E-state index contributed by atoms with van der Waals surface area (Å²) in [7, 11) is -0.523. The molecule has 4 amide bonds. The van der Waals surface area contributed by atoms with Gasteiger partial charge in [0.2, 0.25) is 11.8 Å². The molecule has 0 bridgehead atoms. The van der Waals surface area contributed by atoms with Crippen molar-refractivity contribution < 1.29 is 34.3 Å². The van der Waals surface area contributed by atoms with Gasteiger partial charge < -0.3 is 15.2 Å². The van der Waals surface area contributed by atoms with Gasteiger partial charge in [-0.25, -0.2) is 0 Å². The van der Waals surface area contributed by atoms with Crippen molar-refractivity contribution in [3.8, 4) is 5.75 Å². The summed E-state index contributed by atoms with van der Waals surface area (Å²) in [6.45, 7) is 0. The maximum atomic E-state index is 14.0. The number of halogens is 3. The van der Waals surface area contributed by atoms with Gasteiger partial charge >= 0.3 is 7.12 Å². The van der Waals surface area contributed by atoms with Crippen molar-refractivity contribution >= 4 is 76.7 Å². The first-order valence-corrected chi connectivity index (χ1v) is 13.7. The third kappa shape index (κ3) is 3.43. The first-order valence-electron chi connectivity index (χ1n) is 12.6. The molecule has 2 aromatic carbocycles. The summed E-state index contributed by atoms with van der Waals surface area (Å²) < 4.78 is 0. The van der Waals surface area contributed by atoms with Crippen LogP contribution in [0.2, 0.25) is 5.02 Å². The van der Waals surface area contributed by atoms with Gasteiger partial charge in [-0.2, -0.15) is 0 Å². The van der Waals surface area contributed by atoms with E-state index in [-0.39, 0.29) is 40.3 Å². The number of anilines is 1. The highest BCUT2D eigenvalue weighted by molar-refractivity contribution is 6.58. The summed E-state index contributed by atoms with van der Waals surface area (Å²) in [5.41, 5.74) is 0.974. The molecule has 1 saturated carbocycles. The van der Waals surface area contributed by atoms with E-state index in [0.717, 1.165) is 9.80 Å². The topological polar surface area (TPSA) is 135 Å². The number of allylic oxidation sites excluding steroid dienone is 2. The molecule has 0 aromatic heterocycles. The Hall–Kier alpha value is -2.89. The van der Waals surface area contributed by atoms with Crippen LogP contribution in [0.25, 0.3) is 0 Å². The number of alkyl halides is 2. The third-order valence-electron chi connectivity index (χ3n) is 8.74. The van der Waals surface area contributed by atoms with Crippen LogP contribution < -0.4 is 10.4 Å². The van der Waals surface area contributed by atoms with Crippen LogP contribution in [0.4, 0.5) is 5.69 Å². The van der Waals surface area contributed by atoms with Crippen molar-refractivity contribution in [2.45, 2.75) is 28.5 Å². The number of rotatable bonds is 3. The zero-order chi connectivity index (χ0) is 28.9. The molecule has 2 aliphatic heterocycles. The van der Waals surface area contributed by atoms with Crippen LogP contribution in [0, 0.1) is 17.8 Å². The quantitative estimate of drug-likeness (QED) is 0.211. The summed E-state index contributed by atoms with van der Waals surface area (Å²) in [4.78, 5) is 52.5. The predicted octanol–water partition coefficient (Wildman–Crippen LogP) is 1.92. The molecule has 0 unspecified atom stereocenters. The second-order valence-electron chi connectivity index (χ2n) is 10.7. The van der Waals surface area contributed by atoms with Crippen LogP contribution >= 0.6 is 34.8 Å². The second-order valence-corrected chi connectivity index (χ2v) is 12.4. The number of carbonyl (C=O) groups excluding carboxylic acids is 4. The molecule has 2 aliphatic carbocycles. The van der Waals surface area contributed by atoms with Gasteiger partial charge in [0.1, 0.15) is 5.75 Å². The Morgan fingerprint density at radius 3 is 2.40 bits per heavy atom. The summed E-state index contributed by atoms with van der Waals surface area (Å²) in [6, 6.07) is 10.1. The van der Waals surface area contributed by atoms with Crippen LogP contribution in [-0.2, 0) is 19.2 Å². The molecule has 2 aromatic rings. The van der Waals surface area contributed by atoms with Gasteiger partial charge in [-0.1, -0.05) is 35.4 Å². The molecule has 6 atom stereocenters. The van der Waals surface area contributed by atoms with E-state index in [2.05, 4.69) is 0 Å². The minimum Gasteiger partial charge on any atom is -0.508 e. The number of nitrogens with zero attached hydrogens (tertiary/aromatic N) is 2. The van der Waals surface area contributed by atoms with Gasteiger partial charge in [0.15, 0.2) is 9.75 Å². The molecule has 4 aliphatic rings. The van der Waals surface area contributed by atoms with Crippen molar-refractivity contribution in [3.63, 3.8) is 0 Å². The number of fused-ring (bicyclic) bond motifs is 4. The monoisotopic (exact) mass is 602 g/mol. The lowest BCUT2D eigenvalue weighted by atomic mass is 9.56. The Balaban J connectivity index is 1.51. The molecule has 13 heteroatoms. The summed E-state index contributed by atoms with van der Waals surface area (Å²) in [5, 5.41) is 30.4. The van der Waals surface area contributed by atoms with Crippen LogP contribution in [0.3, 0.4) is 0 Å². The molecule has 9 nitrogen and oxygen atoms in total. The smallest absolute Gasteiger partial charge is 0.488 e. The first kappa shape index (κ1) is 27.3. The maximum Gasteiger partial charge on any atom is 0.488 e. The van der Waals surface area contributed by atoms with E-state index < -0.39 is 64.2 Å². The van der Waals surface area contributed by atoms with E-state index in [9.17, 15) is 34.3 Å². The summed E-state index contributed by atoms with van der Waals surface area (Å²) in [6.07, 6.45) is 1.69. The number of phenols is 1. The average molecular weight is 604 g/mol. The molecule has 206 valence electrons. The van der Waals surface area contributed by atoms with Crippen molar-refractivity contribution in [2.75, 3.05) is 11.9 Å². The molecule has 2 saturated heterocycles. The second kappa shape index (κ2) is 9.06. The lowest BCUT2D eigenvalue weighted by Gasteiger charge is -2.50. The molecule has 6 rings (SSSR count). The number of hydrogen-bond donors (Lipinski definition) is 3. The Bertz CT molecular complexity index is 1550. The molecule has 0 radical (unpaired) electrons. The Kier molecular flexibility index (Phi) is 6.18. The van der Waals surface area contributed by atoms with E-state index in [1.165, 1.54) is 49.5 Å². The van der Waals surface area contributed by atoms with Gasteiger partial charge in [-0.3, -0.25) is 29.0 Å². The van der Waals surface area contributed by atoms with E-state index >= 15 is 0 Å². The standard InChI is InChI=1S/C27H22BCl3N2O7/c1-32-24(37)26(30)11-18-15(21(27(26,31)25(32)38)17-10-13(29)5-8-19(17)34)6-7-16-20(18)23(36)33(22(16)35)14-4-2-3-12(9-14)28(39)40/h2-6,8-10,16,18,20-21,34,39-40H,7,11H2,1H3/t16-,18+,20-,21+,26+,27-/m0/s1. The van der Waals surface area contributed by atoms with Crippen molar-refractivity contribution in [1.29, 1.82) is 0 Å². The maximum absolute atomic E-state index is 14.0. The third-order valence-corrected chi connectivity index (χ3v) is 10.4. The van der Waals surface area contributed by atoms with E-state index in [4.69, 9.17) is 34.8 Å². The zero-order valence-electron chi connectivity index (χ0n) is 20.9. The van der Waals surface area contributed by atoms with E-state index in [1.807, 2.05) is 0 Å². The Morgan fingerprint density at radius 2 is 1.70 bits per heavy atom. The zero-order valence-corrected chi connectivity index (χ0v) is 23.2. The molecule has 3 N–H and O–H groups in total. The fraction of sp³-hybridized carbons (Fsp3) is 0.333. The minimum absolute atomic E-state index is 0.102. The molecule has 40 heavy (non-hydrogen) atoms. The fourth-order valence-electron chi connectivity index (χ4n) is 6.93. The number of imide groups is 2. The highest BCUT2D eigenvalue weighted by Gasteiger charge is 2.76. The molecular weight excluding hydrogens is 581 g/mol. The first-order chi connectivity index (χ1) is 18.8. The van der Waals surface area contributed by atoms with Gasteiger partial charge in [-0.15, -0.1) is 23.2 Å². The van der Waals surface area contributed by atoms with Gasteiger partial charge in [0.05, 0.1) is 17.5 Å². The number of aromatic hydroxyl groups is 1. The molecular formula is C27H22BCl3N2O7. The largest absolute Gasteiger partial charge is 0.508 e. The number of carbonyl (C=O) groups is 4. The number of benzene rings is 2. The molecule has 0 spiro atoms. The Morgan fingerprint density at radius 1 is 0.975 bits per heavy atom. The van der Waals surface area contributed by atoms with Crippen molar-refractivity contribution in [3.05, 3.63) is 64.7 Å². The number of likely N-dealkylation sites (tertiary alicyclic amines) is 1. The van der Waals surface area contributed by atoms with E-state index in [1.54, 1.807) is 6.08 Å². The number of phenolic OH excluding ortho intramolecular Hbond substituents is 1. The molecule has 3 fully saturated rings. The van der Waals surface area contributed by atoms with Gasteiger partial charge in [0.25, 0.3) is 11.8 Å². The van der Waals surface area contributed by atoms with Gasteiger partial charge in [-0.05, 0) is 54.6 Å². The summed E-state index contributed by atoms with van der Waals surface area (Å²) >= 11 is 20.4. The van der Waals surface area contributed by atoms with Gasteiger partial charge in [0, 0.05) is 23.6 Å². The SMILES string of the molecule is CN1C(=O)[C@]2(Cl)C[C@@H]3C(=CC[C@@H]4C(=O)N(c5cccc(B(O)O)c5)C(=O)[C@@H]43)[C@H](c3cc(Cl)ccc3O)[C@]2(Cl)C1=O. The highest BCUT2D eigenvalue weighted by Crippen LogP contribution is 2.66. The lowest BCUT2D eigenvalue weighted by Crippen LogP contribution is -2.60.